The van der Waals surface area contributed by atoms with Crippen molar-refractivity contribution in [3.05, 3.63) is 55.6 Å². The maximum absolute atomic E-state index is 14.2. The molecule has 3 aliphatic heterocycles. The minimum absolute atomic E-state index is 0.0100. The molecule has 0 saturated carbocycles. The van der Waals surface area contributed by atoms with Crippen LogP contribution in [0.3, 0.4) is 0 Å². The lowest BCUT2D eigenvalue weighted by Crippen LogP contribution is -2.56. The normalized spacial score (nSPS) is 29.3. The zero-order valence-corrected chi connectivity index (χ0v) is 24.4. The molecule has 0 aliphatic carbocycles. The van der Waals surface area contributed by atoms with Crippen LogP contribution in [0.15, 0.2) is 55.6 Å². The van der Waals surface area contributed by atoms with Crippen LogP contribution in [-0.2, 0) is 14.4 Å². The summed E-state index contributed by atoms with van der Waals surface area (Å²) in [6.07, 6.45) is 6.95. The van der Waals surface area contributed by atoms with Crippen LogP contribution < -0.4 is 4.90 Å². The second-order valence-corrected chi connectivity index (χ2v) is 13.0. The molecule has 7 nitrogen and oxygen atoms in total. The second-order valence-electron chi connectivity index (χ2n) is 10.3. The minimum Gasteiger partial charge on any atom is -0.395 e. The number of para-hydroxylation sites is 1. The molecule has 3 aliphatic rings. The van der Waals surface area contributed by atoms with Crippen molar-refractivity contribution in [1.82, 2.24) is 9.80 Å². The van der Waals surface area contributed by atoms with E-state index in [0.29, 0.717) is 26.1 Å². The maximum Gasteiger partial charge on any atom is 0.247 e. The average Bonchev–Trinajstić information content (AvgIpc) is 3.50. The number of β-amino-alcohol motifs (C(OH)–C–C–N with tert-alkyl or cyclic N) is 1. The average molecular weight is 605 g/mol. The van der Waals surface area contributed by atoms with Crippen LogP contribution in [0, 0.1) is 11.8 Å². The molecule has 9 heteroatoms. The van der Waals surface area contributed by atoms with Crippen LogP contribution in [0.1, 0.15) is 32.6 Å². The van der Waals surface area contributed by atoms with Gasteiger partial charge in [0.15, 0.2) is 0 Å². The summed E-state index contributed by atoms with van der Waals surface area (Å²) in [6.45, 7) is 11.0. The summed E-state index contributed by atoms with van der Waals surface area (Å²) in [5, 5.41) is 9.75. The van der Waals surface area contributed by atoms with E-state index in [1.807, 2.05) is 30.3 Å². The molecule has 3 heterocycles. The Balaban J connectivity index is 1.73. The van der Waals surface area contributed by atoms with Crippen molar-refractivity contribution in [1.29, 1.82) is 0 Å². The predicted molar refractivity (Wildman–Crippen MR) is 156 cm³/mol. The predicted octanol–water partition coefficient (Wildman–Crippen LogP) is 3.87. The standard InChI is InChI=1S/C29H38BrN3O4S/c1-4-7-11-16-31(14-5-2)28(37)25-29-19-21(30)24(38-29)22(23(29)27(36)33(25)17-18-34)26(35)32(15-6-3)20-12-9-8-10-13-20/h5-6,8-10,12-13,21-25,34H,2-4,7,11,14-19H2,1H3/t21?,22-,23-,24-,25?,29?/m0/s1. The number of hydrogen-bond donors (Lipinski definition) is 1. The zero-order chi connectivity index (χ0) is 27.4. The first-order chi connectivity index (χ1) is 18.4. The Bertz CT molecular complexity index is 1060. The van der Waals surface area contributed by atoms with Gasteiger partial charge in [0.2, 0.25) is 17.7 Å². The summed E-state index contributed by atoms with van der Waals surface area (Å²) in [5.41, 5.74) is 0.753. The van der Waals surface area contributed by atoms with E-state index in [2.05, 4.69) is 36.0 Å². The van der Waals surface area contributed by atoms with E-state index in [1.165, 1.54) is 0 Å². The Morgan fingerprint density at radius 1 is 1.18 bits per heavy atom. The molecular formula is C29H38BrN3O4S. The van der Waals surface area contributed by atoms with E-state index in [-0.39, 0.29) is 41.0 Å². The Morgan fingerprint density at radius 3 is 2.53 bits per heavy atom. The highest BCUT2D eigenvalue weighted by Gasteiger charge is 2.76. The highest BCUT2D eigenvalue weighted by molar-refractivity contribution is 9.09. The van der Waals surface area contributed by atoms with E-state index in [0.717, 1.165) is 24.9 Å². The summed E-state index contributed by atoms with van der Waals surface area (Å²) in [7, 11) is 0. The smallest absolute Gasteiger partial charge is 0.247 e. The van der Waals surface area contributed by atoms with Gasteiger partial charge in [0, 0.05) is 41.9 Å². The monoisotopic (exact) mass is 603 g/mol. The maximum atomic E-state index is 14.2. The van der Waals surface area contributed by atoms with Crippen LogP contribution >= 0.6 is 27.7 Å². The van der Waals surface area contributed by atoms with Gasteiger partial charge in [-0.15, -0.1) is 24.9 Å². The van der Waals surface area contributed by atoms with Crippen molar-refractivity contribution in [3.63, 3.8) is 0 Å². The molecule has 38 heavy (non-hydrogen) atoms. The molecule has 1 aromatic carbocycles. The van der Waals surface area contributed by atoms with Crippen molar-refractivity contribution in [3.8, 4) is 0 Å². The van der Waals surface area contributed by atoms with Gasteiger partial charge in [0.05, 0.1) is 23.2 Å². The topological polar surface area (TPSA) is 81.2 Å². The molecule has 1 aromatic rings. The molecule has 1 N–H and O–H groups in total. The fourth-order valence-corrected chi connectivity index (χ4v) is 10.1. The molecule has 1 spiro atoms. The van der Waals surface area contributed by atoms with Gasteiger partial charge in [-0.05, 0) is 25.0 Å². The molecular weight excluding hydrogens is 566 g/mol. The van der Waals surface area contributed by atoms with Crippen LogP contribution in [-0.4, -0.2) is 86.3 Å². The van der Waals surface area contributed by atoms with E-state index in [1.54, 1.807) is 38.6 Å². The van der Waals surface area contributed by atoms with Crippen LogP contribution in [0.2, 0.25) is 0 Å². The van der Waals surface area contributed by atoms with E-state index in [4.69, 9.17) is 0 Å². The second kappa shape index (κ2) is 12.4. The highest BCUT2D eigenvalue weighted by Crippen LogP contribution is 2.68. The van der Waals surface area contributed by atoms with Crippen molar-refractivity contribution in [2.45, 2.75) is 53.5 Å². The molecule has 206 valence electrons. The molecule has 6 atom stereocenters. The first-order valence-electron chi connectivity index (χ1n) is 13.5. The fourth-order valence-electron chi connectivity index (χ4n) is 6.45. The van der Waals surface area contributed by atoms with Crippen LogP contribution in [0.5, 0.6) is 0 Å². The van der Waals surface area contributed by atoms with Gasteiger partial charge in [-0.1, -0.05) is 66.0 Å². The number of benzene rings is 1. The number of carbonyl (C=O) groups is 3. The summed E-state index contributed by atoms with van der Waals surface area (Å²) >= 11 is 5.44. The third-order valence-electron chi connectivity index (χ3n) is 7.99. The van der Waals surface area contributed by atoms with E-state index < -0.39 is 22.6 Å². The molecule has 4 rings (SSSR count). The number of anilines is 1. The molecule has 0 radical (unpaired) electrons. The lowest BCUT2D eigenvalue weighted by molar-refractivity contribution is -0.143. The van der Waals surface area contributed by atoms with Gasteiger partial charge in [-0.2, -0.15) is 0 Å². The summed E-state index contributed by atoms with van der Waals surface area (Å²) < 4.78 is -0.733. The molecule has 2 bridgehead atoms. The van der Waals surface area contributed by atoms with Gasteiger partial charge >= 0.3 is 0 Å². The number of unbranched alkanes of at least 4 members (excludes halogenated alkanes) is 2. The number of amides is 3. The van der Waals surface area contributed by atoms with Crippen molar-refractivity contribution >= 4 is 51.1 Å². The third kappa shape index (κ3) is 4.97. The SMILES string of the molecule is C=CCN(CCCCC)C(=O)C1N(CCO)C(=O)[C@@H]2[C@H](C(=O)N(CC=C)c3ccccc3)[C@H]3SC12CC3Br. The molecule has 3 fully saturated rings. The van der Waals surface area contributed by atoms with Gasteiger partial charge in [-0.3, -0.25) is 14.4 Å². The number of carbonyl (C=O) groups excluding carboxylic acids is 3. The number of alkyl halides is 1. The van der Waals surface area contributed by atoms with Crippen molar-refractivity contribution in [2.75, 3.05) is 37.7 Å². The minimum atomic E-state index is -0.733. The van der Waals surface area contributed by atoms with E-state index >= 15 is 0 Å². The van der Waals surface area contributed by atoms with Crippen LogP contribution in [0.25, 0.3) is 0 Å². The largest absolute Gasteiger partial charge is 0.395 e. The Labute approximate surface area is 238 Å². The number of fused-ring (bicyclic) bond motifs is 1. The van der Waals surface area contributed by atoms with Crippen molar-refractivity contribution < 1.29 is 19.5 Å². The van der Waals surface area contributed by atoms with Crippen LogP contribution in [0.4, 0.5) is 5.69 Å². The lowest BCUT2D eigenvalue weighted by Gasteiger charge is -2.38. The Morgan fingerprint density at radius 2 is 1.89 bits per heavy atom. The van der Waals surface area contributed by atoms with Gasteiger partial charge in [0.25, 0.3) is 0 Å². The molecule has 3 amide bonds. The number of aliphatic hydroxyl groups is 1. The summed E-state index contributed by atoms with van der Waals surface area (Å²) in [4.78, 5) is 47.5. The Hall–Kier alpha value is -2.10. The summed E-state index contributed by atoms with van der Waals surface area (Å²) in [5.74, 6) is -1.66. The molecule has 3 saturated heterocycles. The third-order valence-corrected chi connectivity index (χ3v) is 11.2. The quantitative estimate of drug-likeness (QED) is 0.210. The zero-order valence-electron chi connectivity index (χ0n) is 22.0. The Kier molecular flexibility index (Phi) is 9.42. The van der Waals surface area contributed by atoms with E-state index in [9.17, 15) is 19.5 Å². The number of hydrogen-bond acceptors (Lipinski definition) is 5. The number of rotatable bonds is 13. The first kappa shape index (κ1) is 28.9. The highest BCUT2D eigenvalue weighted by atomic mass is 79.9. The van der Waals surface area contributed by atoms with Gasteiger partial charge < -0.3 is 19.8 Å². The molecule has 3 unspecified atom stereocenters. The number of likely N-dealkylation sites (tertiary alicyclic amines) is 1. The number of thioether (sulfide) groups is 1. The van der Waals surface area contributed by atoms with Crippen molar-refractivity contribution in [2.24, 2.45) is 11.8 Å². The molecule has 0 aromatic heterocycles. The first-order valence-corrected chi connectivity index (χ1v) is 15.3. The number of aliphatic hydroxyl groups excluding tert-OH is 1. The van der Waals surface area contributed by atoms with Gasteiger partial charge in [-0.25, -0.2) is 0 Å². The summed E-state index contributed by atoms with van der Waals surface area (Å²) in [6, 6.07) is 8.70. The fraction of sp³-hybridized carbons (Fsp3) is 0.552. The number of nitrogens with zero attached hydrogens (tertiary/aromatic N) is 3. The lowest BCUT2D eigenvalue weighted by atomic mass is 9.70. The van der Waals surface area contributed by atoms with Gasteiger partial charge in [0.1, 0.15) is 6.04 Å². The number of halogens is 1.